The van der Waals surface area contributed by atoms with Crippen LogP contribution in [0.25, 0.3) is 0 Å². The molecule has 0 N–H and O–H groups in total. The highest BCUT2D eigenvalue weighted by Gasteiger charge is 2.11. The Morgan fingerprint density at radius 2 is 1.91 bits per heavy atom. The Labute approximate surface area is 137 Å². The number of carbonyl (C=O) groups excluding carboxylic acids is 1. The number of carbonyl (C=O) groups is 1. The van der Waals surface area contributed by atoms with Crippen LogP contribution in [0.4, 0.5) is 5.69 Å². The van der Waals surface area contributed by atoms with E-state index in [1.165, 1.54) is 18.2 Å². The van der Waals surface area contributed by atoms with E-state index in [1.807, 2.05) is 13.0 Å². The van der Waals surface area contributed by atoms with E-state index in [-0.39, 0.29) is 30.2 Å². The van der Waals surface area contributed by atoms with Crippen molar-refractivity contribution in [1.82, 2.24) is 0 Å². The first-order valence-electron chi connectivity index (χ1n) is 6.76. The second kappa shape index (κ2) is 7.60. The number of ether oxygens (including phenoxy) is 2. The van der Waals surface area contributed by atoms with Gasteiger partial charge in [-0.1, -0.05) is 11.6 Å². The molecule has 2 rings (SSSR count). The van der Waals surface area contributed by atoms with Crippen molar-refractivity contribution in [1.29, 1.82) is 0 Å². The normalized spacial score (nSPS) is 10.2. The van der Waals surface area contributed by atoms with E-state index >= 15 is 0 Å². The number of rotatable bonds is 7. The lowest BCUT2D eigenvalue weighted by Crippen LogP contribution is -2.10. The smallest absolute Gasteiger partial charge is 0.270 e. The van der Waals surface area contributed by atoms with Crippen LogP contribution in [0.5, 0.6) is 11.5 Å². The van der Waals surface area contributed by atoms with Crippen molar-refractivity contribution >= 4 is 23.6 Å². The molecule has 0 aliphatic heterocycles. The molecular weight excluding hydrogens is 322 g/mol. The van der Waals surface area contributed by atoms with Gasteiger partial charge in [-0.2, -0.15) is 0 Å². The molecule has 0 atom stereocenters. The number of aldehydes is 1. The molecule has 0 amide bonds. The van der Waals surface area contributed by atoms with Crippen molar-refractivity contribution < 1.29 is 19.2 Å². The van der Waals surface area contributed by atoms with Crippen LogP contribution < -0.4 is 9.47 Å². The maximum absolute atomic E-state index is 11.0. The summed E-state index contributed by atoms with van der Waals surface area (Å²) in [6.45, 7) is 2.33. The fourth-order valence-corrected chi connectivity index (χ4v) is 2.01. The summed E-state index contributed by atoms with van der Waals surface area (Å²) in [5.41, 5.74) is 0.873. The summed E-state index contributed by atoms with van der Waals surface area (Å²) in [7, 11) is 0. The predicted octanol–water partition coefficient (Wildman–Crippen LogP) is 3.83. The molecule has 0 fully saturated rings. The van der Waals surface area contributed by atoms with Crippen LogP contribution in [0.3, 0.4) is 0 Å². The molecule has 0 saturated carbocycles. The lowest BCUT2D eigenvalue weighted by molar-refractivity contribution is -0.384. The van der Waals surface area contributed by atoms with Crippen molar-refractivity contribution in [2.24, 2.45) is 0 Å². The van der Waals surface area contributed by atoms with E-state index in [4.69, 9.17) is 21.1 Å². The third kappa shape index (κ3) is 4.43. The number of non-ortho nitro benzene ring substituents is 1. The van der Waals surface area contributed by atoms with Crippen LogP contribution in [0.2, 0.25) is 5.02 Å². The Balaban J connectivity index is 1.92. The summed E-state index contributed by atoms with van der Waals surface area (Å²) in [6, 6.07) is 9.16. The molecule has 0 heterocycles. The summed E-state index contributed by atoms with van der Waals surface area (Å²) >= 11 is 5.93. The van der Waals surface area contributed by atoms with Crippen LogP contribution >= 0.6 is 11.6 Å². The zero-order valence-electron chi connectivity index (χ0n) is 12.3. The number of nitro groups is 1. The molecule has 2 aromatic rings. The number of halogens is 1. The summed E-state index contributed by atoms with van der Waals surface area (Å²) < 4.78 is 11.0. The highest BCUT2D eigenvalue weighted by Crippen LogP contribution is 2.23. The molecule has 0 radical (unpaired) electrons. The first kappa shape index (κ1) is 16.8. The van der Waals surface area contributed by atoms with E-state index in [0.717, 1.165) is 5.56 Å². The minimum Gasteiger partial charge on any atom is -0.490 e. The van der Waals surface area contributed by atoms with Gasteiger partial charge in [0.15, 0.2) is 6.29 Å². The third-order valence-corrected chi connectivity index (χ3v) is 3.49. The van der Waals surface area contributed by atoms with Crippen LogP contribution in [-0.4, -0.2) is 24.4 Å². The Bertz CT molecular complexity index is 732. The number of nitro benzene ring substituents is 1. The average Bonchev–Trinajstić information content (AvgIpc) is 2.54. The third-order valence-electron chi connectivity index (χ3n) is 3.07. The number of hydrogen-bond donors (Lipinski definition) is 0. The van der Waals surface area contributed by atoms with Gasteiger partial charge in [0.05, 0.1) is 10.5 Å². The van der Waals surface area contributed by atoms with Crippen molar-refractivity contribution in [2.75, 3.05) is 13.2 Å². The van der Waals surface area contributed by atoms with E-state index < -0.39 is 4.92 Å². The molecule has 7 heteroatoms. The van der Waals surface area contributed by atoms with Gasteiger partial charge in [0, 0.05) is 17.2 Å². The Hall–Kier alpha value is -2.60. The molecule has 0 aliphatic carbocycles. The Morgan fingerprint density at radius 3 is 2.57 bits per heavy atom. The van der Waals surface area contributed by atoms with Crippen molar-refractivity contribution in [3.63, 3.8) is 0 Å². The van der Waals surface area contributed by atoms with Gasteiger partial charge in [-0.25, -0.2) is 0 Å². The first-order valence-corrected chi connectivity index (χ1v) is 7.14. The van der Waals surface area contributed by atoms with Gasteiger partial charge in [0.1, 0.15) is 24.7 Å². The second-order valence-electron chi connectivity index (χ2n) is 4.71. The quantitative estimate of drug-likeness (QED) is 0.332. The summed E-state index contributed by atoms with van der Waals surface area (Å²) in [5, 5.41) is 11.3. The molecule has 23 heavy (non-hydrogen) atoms. The highest BCUT2D eigenvalue weighted by atomic mass is 35.5. The zero-order chi connectivity index (χ0) is 16.8. The lowest BCUT2D eigenvalue weighted by atomic mass is 10.2. The van der Waals surface area contributed by atoms with E-state index in [1.54, 1.807) is 12.1 Å². The maximum Gasteiger partial charge on any atom is 0.270 e. The minimum atomic E-state index is -0.567. The van der Waals surface area contributed by atoms with E-state index in [0.29, 0.717) is 17.1 Å². The van der Waals surface area contributed by atoms with Gasteiger partial charge in [0.25, 0.3) is 5.69 Å². The predicted molar refractivity (Wildman–Crippen MR) is 85.7 cm³/mol. The molecule has 0 aliphatic rings. The van der Waals surface area contributed by atoms with Crippen LogP contribution in [0, 0.1) is 17.0 Å². The minimum absolute atomic E-state index is 0.126. The Kier molecular flexibility index (Phi) is 5.54. The second-order valence-corrected chi connectivity index (χ2v) is 5.11. The number of benzene rings is 2. The topological polar surface area (TPSA) is 78.7 Å². The van der Waals surface area contributed by atoms with Crippen molar-refractivity contribution in [3.8, 4) is 11.5 Å². The fraction of sp³-hybridized carbons (Fsp3) is 0.188. The number of nitrogens with zero attached hydrogens (tertiary/aromatic N) is 1. The van der Waals surface area contributed by atoms with Crippen LogP contribution in [-0.2, 0) is 0 Å². The van der Waals surface area contributed by atoms with Gasteiger partial charge >= 0.3 is 0 Å². The number of aryl methyl sites for hydroxylation is 1. The van der Waals surface area contributed by atoms with Crippen molar-refractivity contribution in [3.05, 3.63) is 62.7 Å². The monoisotopic (exact) mass is 335 g/mol. The molecule has 6 nitrogen and oxygen atoms in total. The standard InChI is InChI=1S/C16H14ClNO5/c1-11-8-14(3-4-15(11)17)22-6-7-23-16-5-2-13(18(20)21)9-12(16)10-19/h2-5,8-10H,6-7H2,1H3. The molecule has 120 valence electrons. The Morgan fingerprint density at radius 1 is 1.17 bits per heavy atom. The van der Waals surface area contributed by atoms with E-state index in [9.17, 15) is 14.9 Å². The fourth-order valence-electron chi connectivity index (χ4n) is 1.89. The van der Waals surface area contributed by atoms with Crippen molar-refractivity contribution in [2.45, 2.75) is 6.92 Å². The van der Waals surface area contributed by atoms with Gasteiger partial charge in [0.2, 0.25) is 0 Å². The first-order chi connectivity index (χ1) is 11.0. The molecule has 0 saturated heterocycles. The molecule has 0 bridgehead atoms. The SMILES string of the molecule is Cc1cc(OCCOc2ccc([N+](=O)[O-])cc2C=O)ccc1Cl. The van der Waals surface area contributed by atoms with Crippen LogP contribution in [0.15, 0.2) is 36.4 Å². The van der Waals surface area contributed by atoms with E-state index in [2.05, 4.69) is 0 Å². The molecule has 0 aromatic heterocycles. The molecule has 2 aromatic carbocycles. The summed E-state index contributed by atoms with van der Waals surface area (Å²) in [4.78, 5) is 21.1. The van der Waals surface area contributed by atoms with Gasteiger partial charge in [-0.3, -0.25) is 14.9 Å². The lowest BCUT2D eigenvalue weighted by Gasteiger charge is -2.10. The highest BCUT2D eigenvalue weighted by molar-refractivity contribution is 6.31. The molecular formula is C16H14ClNO5. The summed E-state index contributed by atoms with van der Waals surface area (Å²) in [5.74, 6) is 0.941. The maximum atomic E-state index is 11.0. The molecule has 0 spiro atoms. The van der Waals surface area contributed by atoms with Gasteiger partial charge < -0.3 is 9.47 Å². The average molecular weight is 336 g/mol. The summed E-state index contributed by atoms with van der Waals surface area (Å²) in [6.07, 6.45) is 0.520. The molecule has 0 unspecified atom stereocenters. The zero-order valence-corrected chi connectivity index (χ0v) is 13.1. The van der Waals surface area contributed by atoms with Crippen LogP contribution in [0.1, 0.15) is 15.9 Å². The van der Waals surface area contributed by atoms with Gasteiger partial charge in [-0.05, 0) is 36.8 Å². The number of hydrogen-bond acceptors (Lipinski definition) is 5. The van der Waals surface area contributed by atoms with Gasteiger partial charge in [-0.15, -0.1) is 0 Å². The largest absolute Gasteiger partial charge is 0.490 e.